The summed E-state index contributed by atoms with van der Waals surface area (Å²) in [4.78, 5) is 15.9. The van der Waals surface area contributed by atoms with Gasteiger partial charge in [-0.3, -0.25) is 0 Å². The lowest BCUT2D eigenvalue weighted by molar-refractivity contribution is 0.0594. The Balaban J connectivity index is 0.00000312. The first-order valence-electron chi connectivity index (χ1n) is 8.23. The van der Waals surface area contributed by atoms with Crippen molar-refractivity contribution in [2.45, 2.75) is 25.7 Å². The molecule has 0 aliphatic carbocycles. The number of hydrogen-bond acceptors (Lipinski definition) is 5. The topological polar surface area (TPSA) is 74.4 Å². The summed E-state index contributed by atoms with van der Waals surface area (Å²) in [6, 6.07) is 13.0. The van der Waals surface area contributed by atoms with E-state index in [1.807, 2.05) is 30.3 Å². The lowest BCUT2D eigenvalue weighted by atomic mass is 10.1. The van der Waals surface area contributed by atoms with E-state index < -0.39 is 5.97 Å². The summed E-state index contributed by atoms with van der Waals surface area (Å²) in [5.74, 6) is 0.360. The van der Waals surface area contributed by atoms with E-state index in [2.05, 4.69) is 4.98 Å². The monoisotopic (exact) mass is 400 g/mol. The third kappa shape index (κ3) is 7.60. The molecule has 2 aromatic rings. The van der Waals surface area contributed by atoms with E-state index in [4.69, 9.17) is 15.2 Å². The number of rotatable bonds is 9. The van der Waals surface area contributed by atoms with Crippen molar-refractivity contribution in [3.63, 3.8) is 0 Å². The van der Waals surface area contributed by atoms with Crippen LogP contribution in [0.4, 0.5) is 0 Å². The van der Waals surface area contributed by atoms with Crippen LogP contribution in [0.3, 0.4) is 0 Å². The number of methoxy groups -OCH3 is 1. The Morgan fingerprint density at radius 1 is 1.04 bits per heavy atom. The normalized spacial score (nSPS) is 9.62. The highest BCUT2D eigenvalue weighted by molar-refractivity contribution is 5.87. The third-order valence-corrected chi connectivity index (χ3v) is 3.64. The number of benzene rings is 1. The lowest BCUT2D eigenvalue weighted by Gasteiger charge is -2.08. The van der Waals surface area contributed by atoms with E-state index in [1.165, 1.54) is 7.11 Å². The molecule has 2 rings (SSSR count). The summed E-state index contributed by atoms with van der Waals surface area (Å²) < 4.78 is 10.5. The number of esters is 1. The average Bonchev–Trinajstić information content (AvgIpc) is 2.64. The Hall–Kier alpha value is -1.82. The Labute approximate surface area is 167 Å². The zero-order valence-electron chi connectivity index (χ0n) is 14.8. The van der Waals surface area contributed by atoms with Crippen LogP contribution < -0.4 is 10.5 Å². The van der Waals surface area contributed by atoms with Crippen molar-refractivity contribution >= 4 is 30.8 Å². The number of aromatic nitrogens is 1. The largest absolute Gasteiger partial charge is 0.494 e. The van der Waals surface area contributed by atoms with Gasteiger partial charge in [0.25, 0.3) is 0 Å². The number of nitrogens with two attached hydrogens (primary N) is 1. The molecule has 26 heavy (non-hydrogen) atoms. The number of pyridine rings is 1. The van der Waals surface area contributed by atoms with Crippen molar-refractivity contribution in [2.24, 2.45) is 5.73 Å². The second kappa shape index (κ2) is 13.4. The van der Waals surface area contributed by atoms with Crippen molar-refractivity contribution in [2.75, 3.05) is 20.3 Å². The van der Waals surface area contributed by atoms with Crippen LogP contribution in [-0.4, -0.2) is 31.2 Å². The fraction of sp³-hybridized carbons (Fsp3) is 0.368. The highest BCUT2D eigenvalue weighted by atomic mass is 35.5. The fourth-order valence-electron chi connectivity index (χ4n) is 2.35. The molecule has 1 aromatic carbocycles. The summed E-state index contributed by atoms with van der Waals surface area (Å²) in [5.41, 5.74) is 7.39. The van der Waals surface area contributed by atoms with E-state index in [9.17, 15) is 4.79 Å². The average molecular weight is 401 g/mol. The van der Waals surface area contributed by atoms with Gasteiger partial charge in [0.05, 0.1) is 19.4 Å². The third-order valence-electron chi connectivity index (χ3n) is 3.64. The van der Waals surface area contributed by atoms with Gasteiger partial charge in [-0.25, -0.2) is 9.78 Å². The van der Waals surface area contributed by atoms with Gasteiger partial charge in [-0.05, 0) is 43.7 Å². The van der Waals surface area contributed by atoms with Crippen LogP contribution in [0.2, 0.25) is 0 Å². The van der Waals surface area contributed by atoms with Crippen LogP contribution in [-0.2, 0) is 4.74 Å². The lowest BCUT2D eigenvalue weighted by Crippen LogP contribution is -2.04. The highest BCUT2D eigenvalue weighted by Crippen LogP contribution is 2.23. The van der Waals surface area contributed by atoms with Gasteiger partial charge in [0.1, 0.15) is 11.4 Å². The zero-order chi connectivity index (χ0) is 17.2. The number of carbonyl (C=O) groups is 1. The van der Waals surface area contributed by atoms with Crippen LogP contribution in [0, 0.1) is 0 Å². The Bertz CT molecular complexity index is 669. The molecule has 0 unspecified atom stereocenters. The molecule has 0 aliphatic heterocycles. The maximum Gasteiger partial charge on any atom is 0.356 e. The second-order valence-electron chi connectivity index (χ2n) is 5.48. The molecule has 0 saturated heterocycles. The molecular weight excluding hydrogens is 375 g/mol. The first kappa shape index (κ1) is 24.2. The first-order valence-corrected chi connectivity index (χ1v) is 8.23. The fourth-order valence-corrected chi connectivity index (χ4v) is 2.35. The molecule has 1 aromatic heterocycles. The molecular formula is C19H26Cl2N2O3. The van der Waals surface area contributed by atoms with Gasteiger partial charge in [0.2, 0.25) is 0 Å². The standard InChI is InChI=1S/C19H24N2O3.2ClH/c1-23-19(22)18-11-7-10-17(21-18)15-8-6-9-16(14-15)24-13-5-3-2-4-12-20;;/h6-11,14H,2-5,12-13,20H2,1H3;2*1H. The Morgan fingerprint density at radius 3 is 2.50 bits per heavy atom. The van der Waals surface area contributed by atoms with Crippen molar-refractivity contribution in [3.8, 4) is 17.0 Å². The van der Waals surface area contributed by atoms with Crippen molar-refractivity contribution in [1.82, 2.24) is 4.98 Å². The van der Waals surface area contributed by atoms with E-state index in [0.717, 1.165) is 43.5 Å². The summed E-state index contributed by atoms with van der Waals surface area (Å²) in [6.07, 6.45) is 4.35. The maximum atomic E-state index is 11.6. The van der Waals surface area contributed by atoms with Crippen LogP contribution in [0.1, 0.15) is 36.2 Å². The molecule has 0 bridgehead atoms. The molecule has 2 N–H and O–H groups in total. The minimum Gasteiger partial charge on any atom is -0.494 e. The zero-order valence-corrected chi connectivity index (χ0v) is 16.5. The molecule has 0 spiro atoms. The predicted octanol–water partition coefficient (Wildman–Crippen LogP) is 4.28. The quantitative estimate of drug-likeness (QED) is 0.502. The number of carbonyl (C=O) groups excluding carboxylic acids is 1. The SMILES string of the molecule is COC(=O)c1cccc(-c2cccc(OCCCCCCN)c2)n1.Cl.Cl. The number of nitrogens with zero attached hydrogens (tertiary/aromatic N) is 1. The Kier molecular flexibility index (Phi) is 12.5. The summed E-state index contributed by atoms with van der Waals surface area (Å²) in [6.45, 7) is 1.43. The molecule has 0 aliphatic rings. The van der Waals surface area contributed by atoms with Crippen molar-refractivity contribution < 1.29 is 14.3 Å². The van der Waals surface area contributed by atoms with Gasteiger partial charge in [-0.1, -0.05) is 31.0 Å². The van der Waals surface area contributed by atoms with Gasteiger partial charge in [-0.15, -0.1) is 24.8 Å². The first-order chi connectivity index (χ1) is 11.7. The molecule has 0 radical (unpaired) electrons. The predicted molar refractivity (Wildman–Crippen MR) is 109 cm³/mol. The van der Waals surface area contributed by atoms with Crippen LogP contribution in [0.25, 0.3) is 11.3 Å². The molecule has 0 atom stereocenters. The van der Waals surface area contributed by atoms with Gasteiger partial charge in [0, 0.05) is 5.56 Å². The minimum absolute atomic E-state index is 0. The maximum absolute atomic E-state index is 11.6. The molecule has 0 fully saturated rings. The van der Waals surface area contributed by atoms with Crippen molar-refractivity contribution in [3.05, 3.63) is 48.2 Å². The van der Waals surface area contributed by atoms with Crippen molar-refractivity contribution in [1.29, 1.82) is 0 Å². The summed E-state index contributed by atoms with van der Waals surface area (Å²) >= 11 is 0. The minimum atomic E-state index is -0.443. The molecule has 1 heterocycles. The highest BCUT2D eigenvalue weighted by Gasteiger charge is 2.09. The van der Waals surface area contributed by atoms with E-state index >= 15 is 0 Å². The molecule has 7 heteroatoms. The van der Waals surface area contributed by atoms with Crippen LogP contribution in [0.5, 0.6) is 5.75 Å². The molecule has 0 amide bonds. The second-order valence-corrected chi connectivity index (χ2v) is 5.48. The van der Waals surface area contributed by atoms with E-state index in [-0.39, 0.29) is 24.8 Å². The number of hydrogen-bond donors (Lipinski definition) is 1. The van der Waals surface area contributed by atoms with E-state index in [1.54, 1.807) is 12.1 Å². The smallest absolute Gasteiger partial charge is 0.356 e. The van der Waals surface area contributed by atoms with Gasteiger partial charge >= 0.3 is 5.97 Å². The number of unbranched alkanes of at least 4 members (excludes halogenated alkanes) is 3. The molecule has 144 valence electrons. The number of ether oxygens (including phenoxy) is 2. The molecule has 5 nitrogen and oxygen atoms in total. The van der Waals surface area contributed by atoms with Crippen LogP contribution >= 0.6 is 24.8 Å². The van der Waals surface area contributed by atoms with Gasteiger partial charge in [0.15, 0.2) is 0 Å². The summed E-state index contributed by atoms with van der Waals surface area (Å²) in [7, 11) is 1.35. The number of halogens is 2. The Morgan fingerprint density at radius 2 is 1.77 bits per heavy atom. The van der Waals surface area contributed by atoms with Gasteiger partial charge < -0.3 is 15.2 Å². The van der Waals surface area contributed by atoms with Crippen LogP contribution in [0.15, 0.2) is 42.5 Å². The van der Waals surface area contributed by atoms with Gasteiger partial charge in [-0.2, -0.15) is 0 Å². The molecule has 0 saturated carbocycles. The summed E-state index contributed by atoms with van der Waals surface area (Å²) in [5, 5.41) is 0. The van der Waals surface area contributed by atoms with E-state index in [0.29, 0.717) is 18.0 Å².